The molecule has 0 saturated carbocycles. The maximum Gasteiger partial charge on any atom is 0.179 e. The third-order valence-corrected chi connectivity index (χ3v) is 7.50. The molecule has 0 N–H and O–H groups in total. The van der Waals surface area contributed by atoms with Crippen LogP contribution < -0.4 is 9.47 Å². The number of carbonyl (C=O) groups excluding carboxylic acids is 2. The van der Waals surface area contributed by atoms with Crippen LogP contribution in [0, 0.1) is 0 Å². The fourth-order valence-electron chi connectivity index (χ4n) is 5.81. The third-order valence-electron chi connectivity index (χ3n) is 7.22. The van der Waals surface area contributed by atoms with Gasteiger partial charge in [0.15, 0.2) is 23.1 Å². The predicted octanol–water partition coefficient (Wildman–Crippen LogP) is 6.75. The first-order chi connectivity index (χ1) is 17.5. The Labute approximate surface area is 217 Å². The first kappa shape index (κ1) is 24.6. The van der Waals surface area contributed by atoms with Gasteiger partial charge < -0.3 is 14.4 Å². The average molecular weight is 506 g/mol. The summed E-state index contributed by atoms with van der Waals surface area (Å²) in [4.78, 5) is 29.4. The zero-order valence-electron chi connectivity index (χ0n) is 20.9. The van der Waals surface area contributed by atoms with Crippen molar-refractivity contribution in [1.29, 1.82) is 0 Å². The number of ketones is 2. The fourth-order valence-corrected chi connectivity index (χ4v) is 6.08. The van der Waals surface area contributed by atoms with Crippen LogP contribution in [0.3, 0.4) is 0 Å². The standard InChI is InChI=1S/C30H32ClNO4/c1-3-35-26-17-20(16-21(31)30(26)36-4-2)27-28-22(12-8-14-24(28)33)32(18-19-10-6-5-7-11-19)23-13-9-15-25(34)29(23)27/h5-7,10-11,16-17,27H,3-4,8-9,12-15,18H2,1-2H3. The SMILES string of the molecule is CCOc1cc(C2C3=C(CCCC3=O)N(Cc3ccccc3)C3=C2C(=O)CCC3)cc(Cl)c1OCC. The maximum atomic E-state index is 13.5. The summed E-state index contributed by atoms with van der Waals surface area (Å²) >= 11 is 6.71. The summed E-state index contributed by atoms with van der Waals surface area (Å²) in [7, 11) is 0. The lowest BCUT2D eigenvalue weighted by Gasteiger charge is -2.44. The van der Waals surface area contributed by atoms with Gasteiger partial charge >= 0.3 is 0 Å². The molecule has 3 aliphatic rings. The molecular weight excluding hydrogens is 474 g/mol. The molecule has 5 nitrogen and oxygen atoms in total. The molecule has 5 rings (SSSR count). The quantitative estimate of drug-likeness (QED) is 0.416. The maximum absolute atomic E-state index is 13.5. The van der Waals surface area contributed by atoms with Crippen LogP contribution in [0.2, 0.25) is 5.02 Å². The zero-order chi connectivity index (χ0) is 25.2. The van der Waals surface area contributed by atoms with E-state index < -0.39 is 5.92 Å². The summed E-state index contributed by atoms with van der Waals surface area (Å²) in [5.74, 6) is 0.846. The van der Waals surface area contributed by atoms with Gasteiger partial charge in [0, 0.05) is 47.8 Å². The highest BCUT2D eigenvalue weighted by Gasteiger charge is 2.43. The summed E-state index contributed by atoms with van der Waals surface area (Å²) < 4.78 is 11.7. The van der Waals surface area contributed by atoms with Crippen molar-refractivity contribution in [2.45, 2.75) is 64.8 Å². The summed E-state index contributed by atoms with van der Waals surface area (Å²) in [6.45, 7) is 5.38. The molecule has 0 radical (unpaired) electrons. The van der Waals surface area contributed by atoms with Crippen molar-refractivity contribution in [3.63, 3.8) is 0 Å². The molecule has 188 valence electrons. The van der Waals surface area contributed by atoms with Crippen LogP contribution in [0.1, 0.15) is 69.4 Å². The molecule has 6 heteroatoms. The minimum atomic E-state index is -0.435. The van der Waals surface area contributed by atoms with Gasteiger partial charge in [0.2, 0.25) is 0 Å². The Kier molecular flexibility index (Phi) is 7.20. The number of hydrogen-bond donors (Lipinski definition) is 0. The van der Waals surface area contributed by atoms with Crippen LogP contribution in [0.5, 0.6) is 11.5 Å². The normalized spacial score (nSPS) is 18.4. The molecule has 0 amide bonds. The van der Waals surface area contributed by atoms with Crippen molar-refractivity contribution >= 4 is 23.2 Å². The van der Waals surface area contributed by atoms with E-state index in [9.17, 15) is 9.59 Å². The van der Waals surface area contributed by atoms with E-state index in [4.69, 9.17) is 21.1 Å². The Morgan fingerprint density at radius 1 is 0.861 bits per heavy atom. The van der Waals surface area contributed by atoms with Gasteiger partial charge in [-0.25, -0.2) is 0 Å². The van der Waals surface area contributed by atoms with Gasteiger partial charge in [-0.15, -0.1) is 0 Å². The Hall–Kier alpha value is -3.05. The van der Waals surface area contributed by atoms with Crippen molar-refractivity contribution in [1.82, 2.24) is 4.90 Å². The van der Waals surface area contributed by atoms with Gasteiger partial charge in [0.1, 0.15) is 0 Å². The number of Topliss-reactive ketones (excluding diaryl/α,β-unsaturated/α-hetero) is 2. The average Bonchev–Trinajstić information content (AvgIpc) is 2.87. The van der Waals surface area contributed by atoms with E-state index in [0.717, 1.165) is 59.4 Å². The van der Waals surface area contributed by atoms with Crippen LogP contribution in [0.4, 0.5) is 0 Å². The first-order valence-electron chi connectivity index (χ1n) is 13.0. The second-order valence-corrected chi connectivity index (χ2v) is 9.88. The van der Waals surface area contributed by atoms with Crippen molar-refractivity contribution < 1.29 is 19.1 Å². The Balaban J connectivity index is 1.71. The molecule has 36 heavy (non-hydrogen) atoms. The molecule has 0 spiro atoms. The predicted molar refractivity (Wildman–Crippen MR) is 140 cm³/mol. The molecule has 0 saturated heterocycles. The van der Waals surface area contributed by atoms with Gasteiger partial charge in [-0.05, 0) is 62.8 Å². The second kappa shape index (κ2) is 10.5. The highest BCUT2D eigenvalue weighted by Crippen LogP contribution is 2.51. The van der Waals surface area contributed by atoms with Crippen LogP contribution in [-0.2, 0) is 16.1 Å². The molecule has 0 atom stereocenters. The van der Waals surface area contributed by atoms with Gasteiger partial charge in [-0.3, -0.25) is 9.59 Å². The zero-order valence-corrected chi connectivity index (χ0v) is 21.7. The highest BCUT2D eigenvalue weighted by atomic mass is 35.5. The van der Waals surface area contributed by atoms with E-state index in [2.05, 4.69) is 17.0 Å². The minimum absolute atomic E-state index is 0.118. The topological polar surface area (TPSA) is 55.8 Å². The number of hydrogen-bond acceptors (Lipinski definition) is 5. The number of benzene rings is 2. The van der Waals surface area contributed by atoms with Crippen molar-refractivity contribution in [3.8, 4) is 11.5 Å². The third kappa shape index (κ3) is 4.45. The number of ether oxygens (including phenoxy) is 2. The van der Waals surface area contributed by atoms with E-state index in [-0.39, 0.29) is 11.6 Å². The lowest BCUT2D eigenvalue weighted by molar-refractivity contribution is -0.117. The van der Waals surface area contributed by atoms with Crippen LogP contribution >= 0.6 is 11.6 Å². The molecule has 0 fully saturated rings. The van der Waals surface area contributed by atoms with Crippen molar-refractivity contribution in [2.75, 3.05) is 13.2 Å². The van der Waals surface area contributed by atoms with Crippen molar-refractivity contribution in [3.05, 3.63) is 81.2 Å². The fraction of sp³-hybridized carbons (Fsp3) is 0.400. The Morgan fingerprint density at radius 2 is 1.47 bits per heavy atom. The lowest BCUT2D eigenvalue weighted by atomic mass is 9.71. The first-order valence-corrected chi connectivity index (χ1v) is 13.3. The Bertz CT molecular complexity index is 1200. The smallest absolute Gasteiger partial charge is 0.179 e. The minimum Gasteiger partial charge on any atom is -0.490 e. The number of carbonyl (C=O) groups is 2. The molecule has 2 aliphatic carbocycles. The summed E-state index contributed by atoms with van der Waals surface area (Å²) in [6.07, 6.45) is 4.26. The van der Waals surface area contributed by atoms with E-state index >= 15 is 0 Å². The molecule has 1 heterocycles. The summed E-state index contributed by atoms with van der Waals surface area (Å²) in [5, 5.41) is 0.431. The van der Waals surface area contributed by atoms with E-state index in [0.29, 0.717) is 49.1 Å². The van der Waals surface area contributed by atoms with E-state index in [1.54, 1.807) is 0 Å². The van der Waals surface area contributed by atoms with Gasteiger partial charge in [0.05, 0.1) is 18.2 Å². The van der Waals surface area contributed by atoms with Crippen molar-refractivity contribution in [2.24, 2.45) is 0 Å². The monoisotopic (exact) mass is 505 g/mol. The lowest BCUT2D eigenvalue weighted by Crippen LogP contribution is -2.38. The number of nitrogens with zero attached hydrogens (tertiary/aromatic N) is 1. The number of halogens is 1. The summed E-state index contributed by atoms with van der Waals surface area (Å²) in [6, 6.07) is 14.0. The van der Waals surface area contributed by atoms with E-state index in [1.165, 1.54) is 0 Å². The van der Waals surface area contributed by atoms with Gasteiger partial charge in [-0.1, -0.05) is 41.9 Å². The molecule has 2 aromatic rings. The Morgan fingerprint density at radius 3 is 2.06 bits per heavy atom. The molecule has 0 aromatic heterocycles. The molecule has 1 aliphatic heterocycles. The number of rotatable bonds is 7. The van der Waals surface area contributed by atoms with Crippen LogP contribution in [0.15, 0.2) is 65.0 Å². The van der Waals surface area contributed by atoms with Crippen LogP contribution in [-0.4, -0.2) is 29.7 Å². The number of allylic oxidation sites excluding steroid dienone is 4. The van der Waals surface area contributed by atoms with E-state index in [1.807, 2.05) is 44.2 Å². The molecule has 2 aromatic carbocycles. The summed E-state index contributed by atoms with van der Waals surface area (Å²) in [5.41, 5.74) is 5.57. The van der Waals surface area contributed by atoms with Gasteiger partial charge in [0.25, 0.3) is 0 Å². The molecule has 0 unspecified atom stereocenters. The second-order valence-electron chi connectivity index (χ2n) is 9.47. The molecular formula is C30H32ClNO4. The molecule has 0 bridgehead atoms. The van der Waals surface area contributed by atoms with Gasteiger partial charge in [-0.2, -0.15) is 0 Å². The largest absolute Gasteiger partial charge is 0.490 e. The highest BCUT2D eigenvalue weighted by molar-refractivity contribution is 6.32. The van der Waals surface area contributed by atoms with Crippen LogP contribution in [0.25, 0.3) is 0 Å².